The van der Waals surface area contributed by atoms with Crippen LogP contribution in [0, 0.1) is 6.92 Å². The van der Waals surface area contributed by atoms with Crippen LogP contribution in [0.15, 0.2) is 30.3 Å². The van der Waals surface area contributed by atoms with E-state index in [-0.39, 0.29) is 5.91 Å². The van der Waals surface area contributed by atoms with Crippen molar-refractivity contribution in [2.75, 3.05) is 25.6 Å². The Morgan fingerprint density at radius 1 is 1.30 bits per heavy atom. The first-order chi connectivity index (χ1) is 11.1. The summed E-state index contributed by atoms with van der Waals surface area (Å²) in [6.07, 6.45) is 0. The summed E-state index contributed by atoms with van der Waals surface area (Å²) in [6, 6.07) is 9.02. The van der Waals surface area contributed by atoms with Gasteiger partial charge in [0.1, 0.15) is 5.69 Å². The highest BCUT2D eigenvalue weighted by Crippen LogP contribution is 2.14. The summed E-state index contributed by atoms with van der Waals surface area (Å²) >= 11 is 6.08. The normalized spacial score (nSPS) is 10.4. The van der Waals surface area contributed by atoms with E-state index in [1.807, 2.05) is 25.1 Å². The van der Waals surface area contributed by atoms with E-state index >= 15 is 0 Å². The summed E-state index contributed by atoms with van der Waals surface area (Å²) in [4.78, 5) is 20.7. The number of aryl methyl sites for hydroxylation is 1. The minimum Gasteiger partial charge on any atom is -0.383 e. The van der Waals surface area contributed by atoms with Crippen molar-refractivity contribution >= 4 is 23.5 Å². The molecule has 23 heavy (non-hydrogen) atoms. The number of carbonyl (C=O) groups excluding carboxylic acids is 1. The second-order valence-corrected chi connectivity index (χ2v) is 5.32. The first-order valence-electron chi connectivity index (χ1n) is 7.20. The fourth-order valence-corrected chi connectivity index (χ4v) is 2.14. The second kappa shape index (κ2) is 8.45. The van der Waals surface area contributed by atoms with E-state index in [0.717, 1.165) is 5.56 Å². The lowest BCUT2D eigenvalue weighted by Gasteiger charge is -2.09. The smallest absolute Gasteiger partial charge is 0.270 e. The molecular formula is C16H19ClN4O2. The minimum atomic E-state index is -0.273. The number of benzene rings is 1. The first kappa shape index (κ1) is 17.2. The van der Waals surface area contributed by atoms with Crippen molar-refractivity contribution in [1.29, 1.82) is 0 Å². The van der Waals surface area contributed by atoms with Crippen LogP contribution in [0.3, 0.4) is 0 Å². The van der Waals surface area contributed by atoms with Crippen LogP contribution in [0.25, 0.3) is 0 Å². The van der Waals surface area contributed by atoms with Gasteiger partial charge in [0.05, 0.1) is 6.61 Å². The van der Waals surface area contributed by atoms with E-state index in [2.05, 4.69) is 20.6 Å². The van der Waals surface area contributed by atoms with Crippen molar-refractivity contribution in [1.82, 2.24) is 15.3 Å². The highest BCUT2D eigenvalue weighted by atomic mass is 35.5. The first-order valence-corrected chi connectivity index (χ1v) is 7.58. The fourth-order valence-electron chi connectivity index (χ4n) is 1.94. The predicted octanol–water partition coefficient (Wildman–Crippen LogP) is 2.43. The molecule has 1 aromatic heterocycles. The topological polar surface area (TPSA) is 76.1 Å². The number of amides is 1. The van der Waals surface area contributed by atoms with Crippen molar-refractivity contribution in [2.24, 2.45) is 0 Å². The van der Waals surface area contributed by atoms with Gasteiger partial charge in [-0.1, -0.05) is 29.8 Å². The van der Waals surface area contributed by atoms with Gasteiger partial charge in [-0.05, 0) is 24.6 Å². The van der Waals surface area contributed by atoms with Gasteiger partial charge in [0, 0.05) is 30.9 Å². The number of hydrogen-bond donors (Lipinski definition) is 2. The molecule has 0 aliphatic heterocycles. The molecule has 2 N–H and O–H groups in total. The Labute approximate surface area is 140 Å². The van der Waals surface area contributed by atoms with Gasteiger partial charge in [-0.15, -0.1) is 0 Å². The monoisotopic (exact) mass is 334 g/mol. The molecule has 2 aromatic rings. The number of nitrogens with zero attached hydrogens (tertiary/aromatic N) is 2. The summed E-state index contributed by atoms with van der Waals surface area (Å²) in [5.41, 5.74) is 1.87. The third-order valence-corrected chi connectivity index (χ3v) is 3.44. The van der Waals surface area contributed by atoms with Gasteiger partial charge < -0.3 is 15.4 Å². The lowest BCUT2D eigenvalue weighted by molar-refractivity contribution is 0.0946. The van der Waals surface area contributed by atoms with Crippen LogP contribution in [0.2, 0.25) is 5.02 Å². The minimum absolute atomic E-state index is 0.273. The number of nitrogens with one attached hydrogen (secondary N) is 2. The quantitative estimate of drug-likeness (QED) is 0.760. The molecule has 0 unspecified atom stereocenters. The molecule has 0 saturated heterocycles. The van der Waals surface area contributed by atoms with Crippen molar-refractivity contribution < 1.29 is 9.53 Å². The van der Waals surface area contributed by atoms with Gasteiger partial charge in [-0.25, -0.2) is 9.97 Å². The predicted molar refractivity (Wildman–Crippen MR) is 89.8 cm³/mol. The Kier molecular flexibility index (Phi) is 6.31. The summed E-state index contributed by atoms with van der Waals surface area (Å²) in [7, 11) is 1.62. The van der Waals surface area contributed by atoms with Crippen LogP contribution in [-0.2, 0) is 11.3 Å². The maximum absolute atomic E-state index is 12.3. The zero-order valence-electron chi connectivity index (χ0n) is 13.1. The van der Waals surface area contributed by atoms with Crippen LogP contribution in [-0.4, -0.2) is 36.1 Å². The van der Waals surface area contributed by atoms with Crippen molar-refractivity contribution in [3.05, 3.63) is 52.3 Å². The van der Waals surface area contributed by atoms with Crippen molar-refractivity contribution in [3.8, 4) is 0 Å². The van der Waals surface area contributed by atoms with E-state index in [1.54, 1.807) is 19.2 Å². The third-order valence-electron chi connectivity index (χ3n) is 3.07. The Morgan fingerprint density at radius 3 is 2.83 bits per heavy atom. The molecule has 0 fully saturated rings. The molecule has 1 aromatic carbocycles. The van der Waals surface area contributed by atoms with Crippen LogP contribution in [0.4, 0.5) is 5.95 Å². The maximum Gasteiger partial charge on any atom is 0.270 e. The third kappa shape index (κ3) is 5.19. The van der Waals surface area contributed by atoms with E-state index < -0.39 is 0 Å². The van der Waals surface area contributed by atoms with Gasteiger partial charge in [0.25, 0.3) is 5.91 Å². The summed E-state index contributed by atoms with van der Waals surface area (Å²) in [5, 5.41) is 6.45. The molecule has 2 rings (SSSR count). The largest absolute Gasteiger partial charge is 0.383 e. The van der Waals surface area contributed by atoms with Crippen LogP contribution >= 0.6 is 11.6 Å². The molecule has 0 radical (unpaired) electrons. The van der Waals surface area contributed by atoms with Gasteiger partial charge in [-0.2, -0.15) is 0 Å². The molecule has 1 amide bonds. The van der Waals surface area contributed by atoms with E-state index in [4.69, 9.17) is 16.3 Å². The van der Waals surface area contributed by atoms with E-state index in [0.29, 0.717) is 42.1 Å². The standard InChI is InChI=1S/C16H19ClN4O2/c1-11-9-14(21-16(20-11)18-7-8-23-2)15(22)19-10-12-5-3-4-6-13(12)17/h3-6,9H,7-8,10H2,1-2H3,(H,19,22)(H,18,20,21). The molecule has 0 atom stereocenters. The number of rotatable bonds is 7. The van der Waals surface area contributed by atoms with Gasteiger partial charge in [0.15, 0.2) is 0 Å². The number of carbonyl (C=O) groups is 1. The Balaban J connectivity index is 2.02. The zero-order chi connectivity index (χ0) is 16.7. The van der Waals surface area contributed by atoms with Gasteiger partial charge >= 0.3 is 0 Å². The van der Waals surface area contributed by atoms with Crippen LogP contribution < -0.4 is 10.6 Å². The number of methoxy groups -OCH3 is 1. The molecule has 0 spiro atoms. The molecule has 122 valence electrons. The summed E-state index contributed by atoms with van der Waals surface area (Å²) in [5.74, 6) is 0.134. The molecule has 1 heterocycles. The summed E-state index contributed by atoms with van der Waals surface area (Å²) < 4.78 is 4.96. The average Bonchev–Trinajstić information content (AvgIpc) is 2.53. The second-order valence-electron chi connectivity index (χ2n) is 4.91. The molecule has 6 nitrogen and oxygen atoms in total. The molecule has 0 aliphatic rings. The highest BCUT2D eigenvalue weighted by molar-refractivity contribution is 6.31. The molecule has 7 heteroatoms. The Bertz CT molecular complexity index is 679. The van der Waals surface area contributed by atoms with E-state index in [9.17, 15) is 4.79 Å². The Hall–Kier alpha value is -2.18. The lowest BCUT2D eigenvalue weighted by atomic mass is 10.2. The van der Waals surface area contributed by atoms with Gasteiger partial charge in [0.2, 0.25) is 5.95 Å². The number of hydrogen-bond acceptors (Lipinski definition) is 5. The molecular weight excluding hydrogens is 316 g/mol. The molecule has 0 aliphatic carbocycles. The number of halogens is 1. The molecule has 0 saturated carbocycles. The SMILES string of the molecule is COCCNc1nc(C)cc(C(=O)NCc2ccccc2Cl)n1. The fraction of sp³-hybridized carbons (Fsp3) is 0.312. The zero-order valence-corrected chi connectivity index (χ0v) is 13.9. The van der Waals surface area contributed by atoms with Crippen LogP contribution in [0.1, 0.15) is 21.7 Å². The Morgan fingerprint density at radius 2 is 2.09 bits per heavy atom. The average molecular weight is 335 g/mol. The van der Waals surface area contributed by atoms with Crippen molar-refractivity contribution in [2.45, 2.75) is 13.5 Å². The molecule has 0 bridgehead atoms. The number of ether oxygens (including phenoxy) is 1. The van der Waals surface area contributed by atoms with Crippen molar-refractivity contribution in [3.63, 3.8) is 0 Å². The lowest BCUT2D eigenvalue weighted by Crippen LogP contribution is -2.25. The highest BCUT2D eigenvalue weighted by Gasteiger charge is 2.11. The number of aromatic nitrogens is 2. The van der Waals surface area contributed by atoms with Gasteiger partial charge in [-0.3, -0.25) is 4.79 Å². The maximum atomic E-state index is 12.3. The summed E-state index contributed by atoms with van der Waals surface area (Å²) in [6.45, 7) is 3.26. The van der Waals surface area contributed by atoms with E-state index in [1.165, 1.54) is 0 Å². The van der Waals surface area contributed by atoms with Crippen LogP contribution in [0.5, 0.6) is 0 Å². The number of anilines is 1.